The maximum atomic E-state index is 13.3. The summed E-state index contributed by atoms with van der Waals surface area (Å²) in [5, 5.41) is 6.37. The van der Waals surface area contributed by atoms with Crippen molar-refractivity contribution >= 4 is 15.5 Å². The predicted octanol–water partition coefficient (Wildman–Crippen LogP) is 2.18. The van der Waals surface area contributed by atoms with Crippen molar-refractivity contribution in [3.63, 3.8) is 0 Å². The number of aromatic nitrogens is 3. The highest BCUT2D eigenvalue weighted by atomic mass is 32.2. The van der Waals surface area contributed by atoms with Crippen LogP contribution < -0.4 is 4.90 Å². The van der Waals surface area contributed by atoms with Gasteiger partial charge in [-0.1, -0.05) is 0 Å². The fraction of sp³-hybridized carbons (Fsp3) is 0.333. The van der Waals surface area contributed by atoms with Crippen molar-refractivity contribution in [3.05, 3.63) is 35.7 Å². The maximum absolute atomic E-state index is 13.3. The van der Waals surface area contributed by atoms with E-state index in [1.807, 2.05) is 0 Å². The fourth-order valence-electron chi connectivity index (χ4n) is 1.90. The molecule has 6 nitrogen and oxygen atoms in total. The van der Waals surface area contributed by atoms with Crippen molar-refractivity contribution in [2.75, 3.05) is 11.9 Å². The number of H-pyrrole nitrogens is 1. The van der Waals surface area contributed by atoms with E-state index in [2.05, 4.69) is 15.2 Å². The third-order valence-corrected chi connectivity index (χ3v) is 4.46. The lowest BCUT2D eigenvalue weighted by atomic mass is 10.3. The molecule has 0 aliphatic rings. The lowest BCUT2D eigenvalue weighted by Crippen LogP contribution is -2.27. The number of aryl methyl sites for hydroxylation is 1. The molecule has 0 aliphatic carbocycles. The number of nitrogens with one attached hydrogen (secondary N) is 1. The molecule has 0 radical (unpaired) electrons. The maximum Gasteiger partial charge on any atom is 0.501 e. The first kappa shape index (κ1) is 17.2. The molecule has 11 heteroatoms. The molecular formula is C12H12F4N4O2S. The lowest BCUT2D eigenvalue weighted by molar-refractivity contribution is -0.0435. The van der Waals surface area contributed by atoms with Crippen LogP contribution in [-0.4, -0.2) is 36.2 Å². The minimum atomic E-state index is -5.69. The Morgan fingerprint density at radius 1 is 1.30 bits per heavy atom. The van der Waals surface area contributed by atoms with E-state index in [1.54, 1.807) is 6.92 Å². The molecular weight excluding hydrogens is 340 g/mol. The number of hydrogen-bond acceptors (Lipinski definition) is 5. The molecule has 1 aromatic heterocycles. The minimum absolute atomic E-state index is 0.0592. The zero-order valence-corrected chi connectivity index (χ0v) is 12.8. The van der Waals surface area contributed by atoms with Crippen LogP contribution in [0.15, 0.2) is 23.1 Å². The van der Waals surface area contributed by atoms with Crippen molar-refractivity contribution in [3.8, 4) is 0 Å². The molecule has 2 rings (SSSR count). The quantitative estimate of drug-likeness (QED) is 0.854. The van der Waals surface area contributed by atoms with Crippen LogP contribution in [0.3, 0.4) is 0 Å². The molecule has 0 spiro atoms. The zero-order valence-electron chi connectivity index (χ0n) is 12.0. The van der Waals surface area contributed by atoms with Crippen molar-refractivity contribution in [2.45, 2.75) is 23.9 Å². The van der Waals surface area contributed by atoms with Crippen LogP contribution in [0.25, 0.3) is 0 Å². The summed E-state index contributed by atoms with van der Waals surface area (Å²) in [6, 6.07) is 2.19. The van der Waals surface area contributed by atoms with Crippen LogP contribution in [0.2, 0.25) is 0 Å². The first-order chi connectivity index (χ1) is 10.5. The average Bonchev–Trinajstić information content (AvgIpc) is 2.82. The summed E-state index contributed by atoms with van der Waals surface area (Å²) in [5.41, 5.74) is -5.83. The third kappa shape index (κ3) is 3.44. The molecule has 0 aliphatic heterocycles. The van der Waals surface area contributed by atoms with E-state index in [0.717, 1.165) is 12.1 Å². The monoisotopic (exact) mass is 352 g/mol. The van der Waals surface area contributed by atoms with E-state index in [4.69, 9.17) is 0 Å². The van der Waals surface area contributed by atoms with Gasteiger partial charge in [0.05, 0.1) is 12.2 Å². The number of aromatic amines is 1. The van der Waals surface area contributed by atoms with E-state index in [-0.39, 0.29) is 18.1 Å². The molecule has 126 valence electrons. The third-order valence-electron chi connectivity index (χ3n) is 2.95. The van der Waals surface area contributed by atoms with Crippen molar-refractivity contribution < 1.29 is 26.0 Å². The Bertz CT molecular complexity index is 817. The summed E-state index contributed by atoms with van der Waals surface area (Å²) in [5.74, 6) is -0.334. The number of hydrogen-bond donors (Lipinski definition) is 1. The number of nitrogens with zero attached hydrogens (tertiary/aromatic N) is 3. The van der Waals surface area contributed by atoms with Crippen molar-refractivity contribution in [2.24, 2.45) is 0 Å². The number of halogens is 4. The number of alkyl halides is 3. The Morgan fingerprint density at radius 2 is 1.96 bits per heavy atom. The highest BCUT2D eigenvalue weighted by Crippen LogP contribution is 2.36. The normalized spacial score (nSPS) is 12.4. The summed E-state index contributed by atoms with van der Waals surface area (Å²) >= 11 is 0. The first-order valence-corrected chi connectivity index (χ1v) is 7.70. The summed E-state index contributed by atoms with van der Waals surface area (Å²) in [6.07, 6.45) is 0. The van der Waals surface area contributed by atoms with Crippen molar-refractivity contribution in [1.29, 1.82) is 0 Å². The molecule has 1 N–H and O–H groups in total. The Balaban J connectivity index is 2.47. The Kier molecular flexibility index (Phi) is 4.33. The molecule has 0 fully saturated rings. The van der Waals surface area contributed by atoms with Crippen LogP contribution in [0.5, 0.6) is 0 Å². The second-order valence-corrected chi connectivity index (χ2v) is 6.66. The van der Waals surface area contributed by atoms with E-state index >= 15 is 0 Å². The van der Waals surface area contributed by atoms with E-state index < -0.39 is 26.1 Å². The number of rotatable bonds is 4. The molecule has 0 atom stereocenters. The molecule has 2 aromatic rings. The number of anilines is 1. The fourth-order valence-corrected chi connectivity index (χ4v) is 2.92. The van der Waals surface area contributed by atoms with Gasteiger partial charge >= 0.3 is 5.51 Å². The van der Waals surface area contributed by atoms with Gasteiger partial charge in [-0.15, -0.1) is 0 Å². The molecule has 0 saturated heterocycles. The highest BCUT2D eigenvalue weighted by Gasteiger charge is 2.48. The molecule has 0 bridgehead atoms. The van der Waals surface area contributed by atoms with Gasteiger partial charge in [0.15, 0.2) is 5.82 Å². The van der Waals surface area contributed by atoms with E-state index in [1.165, 1.54) is 11.9 Å². The first-order valence-electron chi connectivity index (χ1n) is 6.22. The van der Waals surface area contributed by atoms with Gasteiger partial charge in [-0.3, -0.25) is 5.10 Å². The van der Waals surface area contributed by atoms with Gasteiger partial charge in [0.2, 0.25) is 0 Å². The Morgan fingerprint density at radius 3 is 2.48 bits per heavy atom. The largest absolute Gasteiger partial charge is 0.501 e. The Labute approximate surface area is 129 Å². The van der Waals surface area contributed by atoms with E-state index in [0.29, 0.717) is 11.9 Å². The van der Waals surface area contributed by atoms with Gasteiger partial charge < -0.3 is 4.90 Å². The van der Waals surface area contributed by atoms with Crippen LogP contribution in [0.1, 0.15) is 11.6 Å². The van der Waals surface area contributed by atoms with Gasteiger partial charge in [-0.25, -0.2) is 17.8 Å². The van der Waals surface area contributed by atoms with Gasteiger partial charge in [-0.05, 0) is 25.1 Å². The molecule has 0 unspecified atom stereocenters. The number of sulfone groups is 1. The zero-order chi connectivity index (χ0) is 17.4. The summed E-state index contributed by atoms with van der Waals surface area (Å²) < 4.78 is 74.8. The van der Waals surface area contributed by atoms with Crippen LogP contribution in [0, 0.1) is 12.7 Å². The Hall–Kier alpha value is -2.17. The summed E-state index contributed by atoms with van der Waals surface area (Å²) in [4.78, 5) is 4.02. The van der Waals surface area contributed by atoms with Crippen molar-refractivity contribution in [1.82, 2.24) is 15.2 Å². The van der Waals surface area contributed by atoms with Crippen LogP contribution in [0.4, 0.5) is 23.2 Å². The standard InChI is InChI=1S/C12H12F4N4O2S/c1-7-17-11(19-18-7)6-20(2)9-4-3-8(13)5-10(9)23(21,22)12(14,15)16/h3-5H,6H2,1-2H3,(H,17,18,19). The van der Waals surface area contributed by atoms with Gasteiger partial charge in [0.25, 0.3) is 9.84 Å². The smallest absolute Gasteiger partial charge is 0.366 e. The molecule has 1 aromatic carbocycles. The topological polar surface area (TPSA) is 79.0 Å². The average molecular weight is 352 g/mol. The molecule has 0 saturated carbocycles. The SMILES string of the molecule is Cc1nc(CN(C)c2ccc(F)cc2S(=O)(=O)C(F)(F)F)n[nH]1. The summed E-state index contributed by atoms with van der Waals surface area (Å²) in [6.45, 7) is 1.57. The molecule has 23 heavy (non-hydrogen) atoms. The second-order valence-electron chi connectivity index (χ2n) is 4.75. The van der Waals surface area contributed by atoms with E-state index in [9.17, 15) is 26.0 Å². The lowest BCUT2D eigenvalue weighted by Gasteiger charge is -2.21. The number of benzene rings is 1. The van der Waals surface area contributed by atoms with Crippen LogP contribution in [-0.2, 0) is 16.4 Å². The molecule has 0 amide bonds. The predicted molar refractivity (Wildman–Crippen MR) is 72.9 cm³/mol. The minimum Gasteiger partial charge on any atom is -0.366 e. The van der Waals surface area contributed by atoms with Gasteiger partial charge in [0, 0.05) is 7.05 Å². The van der Waals surface area contributed by atoms with Gasteiger partial charge in [0.1, 0.15) is 16.5 Å². The highest BCUT2D eigenvalue weighted by molar-refractivity contribution is 7.92. The second kappa shape index (κ2) is 5.80. The summed E-state index contributed by atoms with van der Waals surface area (Å²) in [7, 11) is -4.34. The van der Waals surface area contributed by atoms with Crippen LogP contribution >= 0.6 is 0 Å². The molecule has 1 heterocycles. The van der Waals surface area contributed by atoms with Gasteiger partial charge in [-0.2, -0.15) is 18.3 Å².